The number of benzene rings is 2. The van der Waals surface area contributed by atoms with Gasteiger partial charge < -0.3 is 5.73 Å². The third-order valence-corrected chi connectivity index (χ3v) is 4.64. The van der Waals surface area contributed by atoms with Crippen LogP contribution < -0.4 is 5.73 Å². The van der Waals surface area contributed by atoms with Crippen LogP contribution in [0.25, 0.3) is 0 Å². The van der Waals surface area contributed by atoms with Gasteiger partial charge in [0.25, 0.3) is 0 Å². The van der Waals surface area contributed by atoms with Gasteiger partial charge in [0.05, 0.1) is 6.21 Å². The lowest BCUT2D eigenvalue weighted by atomic mass is 10.1. The van der Waals surface area contributed by atoms with Gasteiger partial charge in [0, 0.05) is 14.9 Å². The van der Waals surface area contributed by atoms with E-state index >= 15 is 0 Å². The first-order valence-electron chi connectivity index (χ1n) is 6.45. The Labute approximate surface area is 142 Å². The molecule has 0 heterocycles. The van der Waals surface area contributed by atoms with Gasteiger partial charge in [0.2, 0.25) is 0 Å². The van der Waals surface area contributed by atoms with Crippen molar-refractivity contribution >= 4 is 45.7 Å². The number of rotatable bonds is 4. The molecule has 3 nitrogen and oxygen atoms in total. The molecule has 0 bridgehead atoms. The Morgan fingerprint density at radius 1 is 1.19 bits per heavy atom. The van der Waals surface area contributed by atoms with Gasteiger partial charge in [0.15, 0.2) is 5.17 Å². The van der Waals surface area contributed by atoms with Crippen LogP contribution in [0.1, 0.15) is 16.7 Å². The predicted molar refractivity (Wildman–Crippen MR) is 101 cm³/mol. The van der Waals surface area contributed by atoms with Crippen molar-refractivity contribution in [2.24, 2.45) is 15.9 Å². The second-order valence-corrected chi connectivity index (χ2v) is 6.59. The van der Waals surface area contributed by atoms with Crippen LogP contribution in [0.3, 0.4) is 0 Å². The monoisotopic (exact) mass is 409 g/mol. The van der Waals surface area contributed by atoms with Crippen LogP contribution in [-0.2, 0) is 5.75 Å². The molecule has 0 unspecified atom stereocenters. The summed E-state index contributed by atoms with van der Waals surface area (Å²) in [7, 11) is 0. The highest BCUT2D eigenvalue weighted by molar-refractivity contribution is 14.1. The summed E-state index contributed by atoms with van der Waals surface area (Å²) in [5.74, 6) is 0.799. The van der Waals surface area contributed by atoms with Crippen LogP contribution in [-0.4, -0.2) is 11.4 Å². The van der Waals surface area contributed by atoms with Crippen LogP contribution in [0.2, 0.25) is 0 Å². The number of hydrogen-bond acceptors (Lipinski definition) is 3. The Balaban J connectivity index is 1.95. The summed E-state index contributed by atoms with van der Waals surface area (Å²) in [5.41, 5.74) is 9.34. The van der Waals surface area contributed by atoms with Crippen LogP contribution in [0.4, 0.5) is 0 Å². The summed E-state index contributed by atoms with van der Waals surface area (Å²) in [6, 6.07) is 16.3. The van der Waals surface area contributed by atoms with Crippen molar-refractivity contribution in [3.8, 4) is 0 Å². The molecule has 2 aromatic rings. The van der Waals surface area contributed by atoms with Crippen LogP contribution >= 0.6 is 34.4 Å². The van der Waals surface area contributed by atoms with Gasteiger partial charge in [-0.3, -0.25) is 0 Å². The van der Waals surface area contributed by atoms with E-state index in [4.69, 9.17) is 5.73 Å². The Kier molecular flexibility index (Phi) is 6.25. The summed E-state index contributed by atoms with van der Waals surface area (Å²) >= 11 is 3.78. The van der Waals surface area contributed by atoms with Crippen LogP contribution in [0, 0.1) is 10.5 Å². The molecule has 0 saturated carbocycles. The van der Waals surface area contributed by atoms with E-state index in [1.54, 1.807) is 6.21 Å². The van der Waals surface area contributed by atoms with Crippen molar-refractivity contribution < 1.29 is 0 Å². The highest BCUT2D eigenvalue weighted by Gasteiger charge is 1.99. The fourth-order valence-electron chi connectivity index (χ4n) is 1.71. The zero-order valence-electron chi connectivity index (χ0n) is 11.7. The minimum absolute atomic E-state index is 0.471. The average molecular weight is 409 g/mol. The molecule has 0 saturated heterocycles. The fraction of sp³-hybridized carbons (Fsp3) is 0.125. The number of aryl methyl sites for hydroxylation is 1. The molecule has 0 radical (unpaired) electrons. The number of nitrogens with two attached hydrogens (primary N) is 1. The van der Waals surface area contributed by atoms with E-state index in [2.05, 4.69) is 57.9 Å². The number of hydrogen-bond donors (Lipinski definition) is 1. The summed E-state index contributed by atoms with van der Waals surface area (Å²) in [5, 5.41) is 8.60. The molecule has 108 valence electrons. The summed E-state index contributed by atoms with van der Waals surface area (Å²) < 4.78 is 1.15. The number of nitrogens with zero attached hydrogens (tertiary/aromatic N) is 2. The zero-order chi connectivity index (χ0) is 15.1. The van der Waals surface area contributed by atoms with E-state index in [1.807, 2.05) is 30.3 Å². The standard InChI is InChI=1S/C16H16IN3S/c1-12-6-5-9-15(17)14(12)10-19-20-16(18)21-11-13-7-3-2-4-8-13/h2-10H,11H2,1H3,(H2,18,20). The Morgan fingerprint density at radius 3 is 2.67 bits per heavy atom. The first-order chi connectivity index (χ1) is 10.2. The lowest BCUT2D eigenvalue weighted by molar-refractivity contribution is 1.24. The Hall–Kier alpha value is -1.34. The quantitative estimate of drug-likeness (QED) is 0.357. The number of amidine groups is 1. The fourth-order valence-corrected chi connectivity index (χ4v) is 3.10. The van der Waals surface area contributed by atoms with Crippen molar-refractivity contribution in [1.29, 1.82) is 0 Å². The van der Waals surface area contributed by atoms with Crippen molar-refractivity contribution in [3.63, 3.8) is 0 Å². The van der Waals surface area contributed by atoms with Gasteiger partial charge in [-0.05, 0) is 46.7 Å². The highest BCUT2D eigenvalue weighted by atomic mass is 127. The van der Waals surface area contributed by atoms with E-state index in [1.165, 1.54) is 22.9 Å². The lowest BCUT2D eigenvalue weighted by Crippen LogP contribution is -2.06. The molecule has 21 heavy (non-hydrogen) atoms. The SMILES string of the molecule is Cc1cccc(I)c1C=NN=C(N)SCc1ccccc1. The minimum Gasteiger partial charge on any atom is -0.377 e. The molecule has 2 rings (SSSR count). The summed E-state index contributed by atoms with van der Waals surface area (Å²) in [6.07, 6.45) is 1.76. The van der Waals surface area contributed by atoms with Crippen molar-refractivity contribution in [3.05, 3.63) is 68.8 Å². The molecular formula is C16H16IN3S. The maximum absolute atomic E-state index is 5.86. The van der Waals surface area contributed by atoms with Gasteiger partial charge >= 0.3 is 0 Å². The van der Waals surface area contributed by atoms with E-state index in [-0.39, 0.29) is 0 Å². The second-order valence-electron chi connectivity index (χ2n) is 4.43. The molecule has 0 aliphatic heterocycles. The minimum atomic E-state index is 0.471. The predicted octanol–water partition coefficient (Wildman–Crippen LogP) is 4.18. The highest BCUT2D eigenvalue weighted by Crippen LogP contribution is 2.14. The van der Waals surface area contributed by atoms with E-state index in [0.717, 1.165) is 14.9 Å². The third kappa shape index (κ3) is 5.17. The molecule has 2 aromatic carbocycles. The molecule has 0 fully saturated rings. The van der Waals surface area contributed by atoms with Gasteiger partial charge in [-0.25, -0.2) is 0 Å². The first-order valence-corrected chi connectivity index (χ1v) is 8.51. The topological polar surface area (TPSA) is 50.7 Å². The zero-order valence-corrected chi connectivity index (χ0v) is 14.6. The van der Waals surface area contributed by atoms with Gasteiger partial charge in [0.1, 0.15) is 0 Å². The van der Waals surface area contributed by atoms with E-state index in [9.17, 15) is 0 Å². The van der Waals surface area contributed by atoms with Crippen molar-refractivity contribution in [2.45, 2.75) is 12.7 Å². The Bertz CT molecular complexity index is 634. The molecule has 0 aromatic heterocycles. The van der Waals surface area contributed by atoms with E-state index in [0.29, 0.717) is 5.17 Å². The molecular weight excluding hydrogens is 393 g/mol. The van der Waals surface area contributed by atoms with Crippen LogP contribution in [0.15, 0.2) is 58.7 Å². The lowest BCUT2D eigenvalue weighted by Gasteiger charge is -2.01. The normalized spacial score (nSPS) is 12.0. The molecule has 0 aliphatic carbocycles. The van der Waals surface area contributed by atoms with E-state index < -0.39 is 0 Å². The Morgan fingerprint density at radius 2 is 1.95 bits per heavy atom. The largest absolute Gasteiger partial charge is 0.377 e. The molecule has 0 aliphatic rings. The molecule has 2 N–H and O–H groups in total. The van der Waals surface area contributed by atoms with Crippen LogP contribution in [0.5, 0.6) is 0 Å². The van der Waals surface area contributed by atoms with Crippen molar-refractivity contribution in [1.82, 2.24) is 0 Å². The number of halogens is 1. The summed E-state index contributed by atoms with van der Waals surface area (Å²) in [6.45, 7) is 2.06. The van der Waals surface area contributed by atoms with Gasteiger partial charge in [-0.2, -0.15) is 5.10 Å². The van der Waals surface area contributed by atoms with Gasteiger partial charge in [-0.15, -0.1) is 5.10 Å². The average Bonchev–Trinajstić information content (AvgIpc) is 2.49. The molecule has 0 atom stereocenters. The smallest absolute Gasteiger partial charge is 0.180 e. The third-order valence-electron chi connectivity index (χ3n) is 2.84. The molecule has 0 amide bonds. The van der Waals surface area contributed by atoms with Crippen molar-refractivity contribution in [2.75, 3.05) is 0 Å². The number of thioether (sulfide) groups is 1. The molecule has 5 heteroatoms. The summed E-state index contributed by atoms with van der Waals surface area (Å²) in [4.78, 5) is 0. The second kappa shape index (κ2) is 8.19. The maximum Gasteiger partial charge on any atom is 0.180 e. The molecule has 0 spiro atoms. The van der Waals surface area contributed by atoms with Gasteiger partial charge in [-0.1, -0.05) is 54.2 Å². The maximum atomic E-state index is 5.86. The first kappa shape index (κ1) is 16.0.